The Balaban J connectivity index is 1.45. The van der Waals surface area contributed by atoms with Crippen molar-refractivity contribution in [3.05, 3.63) is 114 Å². The van der Waals surface area contributed by atoms with Gasteiger partial charge in [-0.2, -0.15) is 0 Å². The van der Waals surface area contributed by atoms with Crippen molar-refractivity contribution in [3.63, 3.8) is 0 Å². The molecule has 3 nitrogen and oxygen atoms in total. The summed E-state index contributed by atoms with van der Waals surface area (Å²) in [6, 6.07) is 32.0. The van der Waals surface area contributed by atoms with Crippen LogP contribution in [0.3, 0.4) is 0 Å². The van der Waals surface area contributed by atoms with Crippen molar-refractivity contribution in [2.75, 3.05) is 31.2 Å². The molecule has 2 heterocycles. The van der Waals surface area contributed by atoms with Crippen molar-refractivity contribution in [1.82, 2.24) is 0 Å². The molecule has 0 amide bonds. The minimum absolute atomic E-state index is 0.666. The minimum atomic E-state index is -0.666. The van der Waals surface area contributed by atoms with Gasteiger partial charge in [0.2, 0.25) is 0 Å². The van der Waals surface area contributed by atoms with E-state index in [2.05, 4.69) is 102 Å². The highest BCUT2D eigenvalue weighted by Crippen LogP contribution is 2.44. The van der Waals surface area contributed by atoms with E-state index < -0.39 is 5.60 Å². The van der Waals surface area contributed by atoms with Crippen LogP contribution >= 0.6 is 0 Å². The Morgan fingerprint density at radius 1 is 0.688 bits per heavy atom. The maximum absolute atomic E-state index is 6.86. The minimum Gasteiger partial charge on any atom is -0.473 e. The molecule has 32 heavy (non-hydrogen) atoms. The number of hydrogen-bond donors (Lipinski definition) is 0. The number of morpholine rings is 1. The Morgan fingerprint density at radius 2 is 1.41 bits per heavy atom. The largest absolute Gasteiger partial charge is 0.473 e. The van der Waals surface area contributed by atoms with Gasteiger partial charge in [-0.3, -0.25) is 0 Å². The van der Waals surface area contributed by atoms with E-state index in [0.717, 1.165) is 48.7 Å². The topological polar surface area (TPSA) is 21.7 Å². The molecule has 3 heteroatoms. The lowest BCUT2D eigenvalue weighted by atomic mass is 9.83. The molecule has 0 N–H and O–H groups in total. The molecule has 2 aliphatic rings. The smallest absolute Gasteiger partial charge is 0.178 e. The molecule has 0 saturated carbocycles. The quantitative estimate of drug-likeness (QED) is 0.405. The van der Waals surface area contributed by atoms with E-state index >= 15 is 0 Å². The molecule has 1 unspecified atom stereocenters. The van der Waals surface area contributed by atoms with E-state index in [-0.39, 0.29) is 0 Å². The molecular weight excluding hydrogens is 394 g/mol. The summed E-state index contributed by atoms with van der Waals surface area (Å²) in [4.78, 5) is 2.38. The predicted octanol–water partition coefficient (Wildman–Crippen LogP) is 6.03. The van der Waals surface area contributed by atoms with E-state index in [1.807, 2.05) is 6.07 Å². The van der Waals surface area contributed by atoms with Gasteiger partial charge in [0.15, 0.2) is 5.60 Å². The highest BCUT2D eigenvalue weighted by atomic mass is 16.5. The summed E-state index contributed by atoms with van der Waals surface area (Å²) < 4.78 is 12.4. The van der Waals surface area contributed by atoms with Crippen molar-refractivity contribution in [2.24, 2.45) is 0 Å². The lowest BCUT2D eigenvalue weighted by molar-refractivity contribution is 0.122. The van der Waals surface area contributed by atoms with E-state index in [1.165, 1.54) is 16.5 Å². The van der Waals surface area contributed by atoms with Crippen molar-refractivity contribution >= 4 is 22.5 Å². The number of anilines is 1. The van der Waals surface area contributed by atoms with Crippen molar-refractivity contribution in [3.8, 4) is 5.75 Å². The molecule has 1 saturated heterocycles. The van der Waals surface area contributed by atoms with Gasteiger partial charge in [0.1, 0.15) is 5.75 Å². The van der Waals surface area contributed by atoms with E-state index in [1.54, 1.807) is 0 Å². The first kappa shape index (κ1) is 19.1. The van der Waals surface area contributed by atoms with E-state index in [0.29, 0.717) is 0 Å². The van der Waals surface area contributed by atoms with Gasteiger partial charge in [0.05, 0.1) is 13.2 Å². The van der Waals surface area contributed by atoms with Gasteiger partial charge >= 0.3 is 0 Å². The molecule has 1 fully saturated rings. The molecule has 158 valence electrons. The summed E-state index contributed by atoms with van der Waals surface area (Å²) in [5.74, 6) is 0.910. The van der Waals surface area contributed by atoms with E-state index in [4.69, 9.17) is 9.47 Å². The number of fused-ring (bicyclic) bond motifs is 3. The molecule has 0 aromatic heterocycles. The molecule has 6 rings (SSSR count). The summed E-state index contributed by atoms with van der Waals surface area (Å²) in [6.45, 7) is 3.43. The monoisotopic (exact) mass is 419 g/mol. The summed E-state index contributed by atoms with van der Waals surface area (Å²) in [5, 5.41) is 2.44. The fraction of sp³-hybridized carbons (Fsp3) is 0.172. The van der Waals surface area contributed by atoms with Gasteiger partial charge in [-0.05, 0) is 41.1 Å². The van der Waals surface area contributed by atoms with Crippen LogP contribution in [0.5, 0.6) is 5.75 Å². The summed E-state index contributed by atoms with van der Waals surface area (Å²) >= 11 is 0. The Morgan fingerprint density at radius 3 is 2.22 bits per heavy atom. The standard InChI is InChI=1S/C29H25NO2/c1-2-7-23(8-3-1)29(24-11-13-25(14-12-24)30-18-20-31-21-19-30)17-16-27-26-9-5-4-6-22(26)10-15-28(27)32-29/h1-17H,18-21H2. The fourth-order valence-electron chi connectivity index (χ4n) is 4.85. The molecule has 0 aliphatic carbocycles. The van der Waals surface area contributed by atoms with Crippen LogP contribution in [0.25, 0.3) is 16.8 Å². The average Bonchev–Trinajstić information content (AvgIpc) is 2.89. The average molecular weight is 420 g/mol. The number of benzene rings is 4. The fourth-order valence-corrected chi connectivity index (χ4v) is 4.85. The van der Waals surface area contributed by atoms with Gasteiger partial charge in [-0.15, -0.1) is 0 Å². The molecule has 0 radical (unpaired) electrons. The first-order valence-electron chi connectivity index (χ1n) is 11.2. The molecule has 0 bridgehead atoms. The van der Waals surface area contributed by atoms with Gasteiger partial charge in [0, 0.05) is 35.5 Å². The Kier molecular flexibility index (Phi) is 4.70. The zero-order chi connectivity index (χ0) is 21.4. The third kappa shape index (κ3) is 3.17. The third-order valence-corrected chi connectivity index (χ3v) is 6.56. The second-order valence-corrected chi connectivity index (χ2v) is 8.38. The zero-order valence-electron chi connectivity index (χ0n) is 17.9. The lowest BCUT2D eigenvalue weighted by Gasteiger charge is -2.37. The number of ether oxygens (including phenoxy) is 2. The Bertz CT molecular complexity index is 1270. The van der Waals surface area contributed by atoms with Gasteiger partial charge in [-0.1, -0.05) is 72.8 Å². The van der Waals surface area contributed by atoms with Gasteiger partial charge in [0.25, 0.3) is 0 Å². The molecule has 4 aromatic carbocycles. The SMILES string of the molecule is C1=CC(c2ccccc2)(c2ccc(N3CCOCC3)cc2)Oc2ccc3ccccc3c21. The van der Waals surface area contributed by atoms with Crippen LogP contribution in [0.2, 0.25) is 0 Å². The molecule has 4 aromatic rings. The van der Waals surface area contributed by atoms with Crippen LogP contribution in [0.4, 0.5) is 5.69 Å². The number of rotatable bonds is 3. The van der Waals surface area contributed by atoms with Crippen LogP contribution in [0, 0.1) is 0 Å². The summed E-state index contributed by atoms with van der Waals surface area (Å²) in [5.41, 5.74) is 3.94. The lowest BCUT2D eigenvalue weighted by Crippen LogP contribution is -2.36. The predicted molar refractivity (Wildman–Crippen MR) is 130 cm³/mol. The highest BCUT2D eigenvalue weighted by molar-refractivity contribution is 5.94. The number of hydrogen-bond acceptors (Lipinski definition) is 3. The second-order valence-electron chi connectivity index (χ2n) is 8.38. The van der Waals surface area contributed by atoms with Gasteiger partial charge < -0.3 is 14.4 Å². The molecular formula is C29H25NO2. The summed E-state index contributed by atoms with van der Waals surface area (Å²) in [6.07, 6.45) is 4.44. The summed E-state index contributed by atoms with van der Waals surface area (Å²) in [7, 11) is 0. The normalized spacial score (nSPS) is 20.1. The van der Waals surface area contributed by atoms with Crippen molar-refractivity contribution in [1.29, 1.82) is 0 Å². The van der Waals surface area contributed by atoms with Crippen LogP contribution in [-0.2, 0) is 10.3 Å². The Hall–Kier alpha value is -3.56. The first-order valence-corrected chi connectivity index (χ1v) is 11.2. The molecule has 0 spiro atoms. The maximum atomic E-state index is 6.86. The van der Waals surface area contributed by atoms with Crippen LogP contribution in [0.1, 0.15) is 16.7 Å². The maximum Gasteiger partial charge on any atom is 0.178 e. The van der Waals surface area contributed by atoms with Crippen LogP contribution in [-0.4, -0.2) is 26.3 Å². The van der Waals surface area contributed by atoms with Gasteiger partial charge in [-0.25, -0.2) is 0 Å². The first-order chi connectivity index (χ1) is 15.8. The molecule has 1 atom stereocenters. The van der Waals surface area contributed by atoms with Crippen molar-refractivity contribution < 1.29 is 9.47 Å². The highest BCUT2D eigenvalue weighted by Gasteiger charge is 2.37. The van der Waals surface area contributed by atoms with Crippen molar-refractivity contribution in [2.45, 2.75) is 5.60 Å². The van der Waals surface area contributed by atoms with Crippen LogP contribution in [0.15, 0.2) is 97.1 Å². The second kappa shape index (κ2) is 7.85. The zero-order valence-corrected chi connectivity index (χ0v) is 17.9. The Labute approximate surface area is 188 Å². The van der Waals surface area contributed by atoms with E-state index in [9.17, 15) is 0 Å². The molecule has 2 aliphatic heterocycles. The third-order valence-electron chi connectivity index (χ3n) is 6.56. The number of nitrogens with zero attached hydrogens (tertiary/aromatic N) is 1. The van der Waals surface area contributed by atoms with Crippen LogP contribution < -0.4 is 9.64 Å².